The number of hydrogen-bond donors (Lipinski definition) is 1. The topological polar surface area (TPSA) is 54.9 Å². The molecular formula is C13H13N3O. The highest BCUT2D eigenvalue weighted by Gasteiger charge is 2.06. The number of aryl methyl sites for hydroxylation is 1. The Labute approximate surface area is 99.7 Å². The van der Waals surface area contributed by atoms with Crippen molar-refractivity contribution in [3.8, 4) is 0 Å². The second kappa shape index (κ2) is 5.21. The van der Waals surface area contributed by atoms with Crippen LogP contribution in [0.5, 0.6) is 0 Å². The third-order valence-corrected chi connectivity index (χ3v) is 2.43. The van der Waals surface area contributed by atoms with Gasteiger partial charge in [-0.1, -0.05) is 19.1 Å². The molecule has 0 saturated carbocycles. The van der Waals surface area contributed by atoms with E-state index in [0.29, 0.717) is 5.69 Å². The molecule has 1 amide bonds. The Bertz CT molecular complexity index is 494. The number of carbonyl (C=O) groups is 1. The molecule has 2 rings (SSSR count). The number of aromatic nitrogens is 2. The number of benzene rings is 1. The second-order valence-corrected chi connectivity index (χ2v) is 3.60. The third-order valence-electron chi connectivity index (χ3n) is 2.43. The number of carbonyl (C=O) groups excluding carboxylic acids is 1. The van der Waals surface area contributed by atoms with Gasteiger partial charge in [0.2, 0.25) is 0 Å². The molecule has 86 valence electrons. The van der Waals surface area contributed by atoms with Crippen molar-refractivity contribution < 1.29 is 4.79 Å². The van der Waals surface area contributed by atoms with Crippen LogP contribution in [0.4, 0.5) is 5.69 Å². The fraction of sp³-hybridized carbons (Fsp3) is 0.154. The molecule has 0 fully saturated rings. The molecular weight excluding hydrogens is 214 g/mol. The molecule has 0 spiro atoms. The number of anilines is 1. The van der Waals surface area contributed by atoms with Crippen molar-refractivity contribution in [2.75, 3.05) is 5.32 Å². The van der Waals surface area contributed by atoms with E-state index in [1.807, 2.05) is 24.3 Å². The molecule has 0 aliphatic heterocycles. The van der Waals surface area contributed by atoms with Gasteiger partial charge in [0, 0.05) is 11.9 Å². The predicted molar refractivity (Wildman–Crippen MR) is 65.8 cm³/mol. The molecule has 1 heterocycles. The molecule has 1 aromatic carbocycles. The van der Waals surface area contributed by atoms with E-state index in [0.717, 1.165) is 12.1 Å². The SMILES string of the molecule is CCc1ccc(NC(=O)c2ccncn2)cc1. The van der Waals surface area contributed by atoms with Gasteiger partial charge in [-0.25, -0.2) is 9.97 Å². The molecule has 0 aliphatic carbocycles. The van der Waals surface area contributed by atoms with Crippen molar-refractivity contribution >= 4 is 11.6 Å². The zero-order chi connectivity index (χ0) is 12.1. The fourth-order valence-electron chi connectivity index (χ4n) is 1.44. The second-order valence-electron chi connectivity index (χ2n) is 3.60. The smallest absolute Gasteiger partial charge is 0.274 e. The summed E-state index contributed by atoms with van der Waals surface area (Å²) in [6.45, 7) is 2.09. The molecule has 0 unspecified atom stereocenters. The molecule has 17 heavy (non-hydrogen) atoms. The minimum absolute atomic E-state index is 0.225. The minimum atomic E-state index is -0.225. The van der Waals surface area contributed by atoms with E-state index in [9.17, 15) is 4.79 Å². The lowest BCUT2D eigenvalue weighted by Crippen LogP contribution is -2.13. The number of nitrogens with zero attached hydrogens (tertiary/aromatic N) is 2. The maximum absolute atomic E-state index is 11.8. The first-order chi connectivity index (χ1) is 8.29. The average Bonchev–Trinajstić information content (AvgIpc) is 2.40. The van der Waals surface area contributed by atoms with Gasteiger partial charge in [0.05, 0.1) is 0 Å². The highest BCUT2D eigenvalue weighted by Crippen LogP contribution is 2.10. The summed E-state index contributed by atoms with van der Waals surface area (Å²) in [5, 5.41) is 2.78. The Morgan fingerprint density at radius 3 is 2.59 bits per heavy atom. The monoisotopic (exact) mass is 227 g/mol. The van der Waals surface area contributed by atoms with Gasteiger partial charge in [0.1, 0.15) is 12.0 Å². The van der Waals surface area contributed by atoms with Crippen molar-refractivity contribution in [2.24, 2.45) is 0 Å². The Morgan fingerprint density at radius 1 is 1.24 bits per heavy atom. The minimum Gasteiger partial charge on any atom is -0.321 e. The van der Waals surface area contributed by atoms with E-state index in [2.05, 4.69) is 22.2 Å². The van der Waals surface area contributed by atoms with Crippen LogP contribution >= 0.6 is 0 Å². The summed E-state index contributed by atoms with van der Waals surface area (Å²) >= 11 is 0. The fourth-order valence-corrected chi connectivity index (χ4v) is 1.44. The highest BCUT2D eigenvalue weighted by atomic mass is 16.1. The number of nitrogens with one attached hydrogen (secondary N) is 1. The molecule has 0 aliphatic rings. The molecule has 2 aromatic rings. The van der Waals surface area contributed by atoms with Crippen LogP contribution in [0.3, 0.4) is 0 Å². The molecule has 1 N–H and O–H groups in total. The maximum Gasteiger partial charge on any atom is 0.274 e. The van der Waals surface area contributed by atoms with Crippen molar-refractivity contribution in [3.05, 3.63) is 54.1 Å². The summed E-state index contributed by atoms with van der Waals surface area (Å²) in [5.74, 6) is -0.225. The van der Waals surface area contributed by atoms with Crippen LogP contribution < -0.4 is 5.32 Å². The van der Waals surface area contributed by atoms with E-state index < -0.39 is 0 Å². The summed E-state index contributed by atoms with van der Waals surface area (Å²) in [7, 11) is 0. The average molecular weight is 227 g/mol. The Kier molecular flexibility index (Phi) is 3.45. The summed E-state index contributed by atoms with van der Waals surface area (Å²) in [6, 6.07) is 9.34. The molecule has 0 bridgehead atoms. The molecule has 0 atom stereocenters. The van der Waals surface area contributed by atoms with E-state index in [1.54, 1.807) is 12.3 Å². The molecule has 0 radical (unpaired) electrons. The summed E-state index contributed by atoms with van der Waals surface area (Å²) in [4.78, 5) is 19.4. The van der Waals surface area contributed by atoms with E-state index >= 15 is 0 Å². The molecule has 1 aromatic heterocycles. The Hall–Kier alpha value is -2.23. The van der Waals surface area contributed by atoms with Gasteiger partial charge in [-0.2, -0.15) is 0 Å². The molecule has 4 nitrogen and oxygen atoms in total. The number of amides is 1. The summed E-state index contributed by atoms with van der Waals surface area (Å²) in [6.07, 6.45) is 3.89. The lowest BCUT2D eigenvalue weighted by Gasteiger charge is -2.05. The summed E-state index contributed by atoms with van der Waals surface area (Å²) in [5.41, 5.74) is 2.37. The standard InChI is InChI=1S/C13H13N3O/c1-2-10-3-5-11(6-4-10)16-13(17)12-7-8-14-9-15-12/h3-9H,2H2,1H3,(H,16,17). The van der Waals surface area contributed by atoms with E-state index in [4.69, 9.17) is 0 Å². The van der Waals surface area contributed by atoms with Crippen molar-refractivity contribution in [1.29, 1.82) is 0 Å². The van der Waals surface area contributed by atoms with Crippen molar-refractivity contribution in [3.63, 3.8) is 0 Å². The first-order valence-electron chi connectivity index (χ1n) is 5.46. The lowest BCUT2D eigenvalue weighted by molar-refractivity contribution is 0.102. The van der Waals surface area contributed by atoms with Crippen LogP contribution in [0.1, 0.15) is 23.0 Å². The van der Waals surface area contributed by atoms with E-state index in [-0.39, 0.29) is 5.91 Å². The zero-order valence-corrected chi connectivity index (χ0v) is 9.55. The maximum atomic E-state index is 11.8. The Balaban J connectivity index is 2.08. The van der Waals surface area contributed by atoms with Gasteiger partial charge in [0.15, 0.2) is 0 Å². The molecule has 4 heteroatoms. The summed E-state index contributed by atoms with van der Waals surface area (Å²) < 4.78 is 0. The lowest BCUT2D eigenvalue weighted by atomic mass is 10.1. The van der Waals surface area contributed by atoms with Crippen LogP contribution in [-0.2, 0) is 6.42 Å². The van der Waals surface area contributed by atoms with Crippen molar-refractivity contribution in [1.82, 2.24) is 9.97 Å². The quantitative estimate of drug-likeness (QED) is 0.875. The normalized spacial score (nSPS) is 9.94. The van der Waals surface area contributed by atoms with Gasteiger partial charge >= 0.3 is 0 Å². The number of hydrogen-bond acceptors (Lipinski definition) is 3. The first-order valence-corrected chi connectivity index (χ1v) is 5.46. The van der Waals surface area contributed by atoms with Crippen LogP contribution in [0, 0.1) is 0 Å². The first kappa shape index (κ1) is 11.3. The van der Waals surface area contributed by atoms with Gasteiger partial charge in [-0.3, -0.25) is 4.79 Å². The molecule has 0 saturated heterocycles. The van der Waals surface area contributed by atoms with Crippen LogP contribution in [0.15, 0.2) is 42.9 Å². The zero-order valence-electron chi connectivity index (χ0n) is 9.55. The van der Waals surface area contributed by atoms with Gasteiger partial charge in [-0.05, 0) is 30.2 Å². The van der Waals surface area contributed by atoms with Crippen LogP contribution in [-0.4, -0.2) is 15.9 Å². The van der Waals surface area contributed by atoms with Gasteiger partial charge < -0.3 is 5.32 Å². The van der Waals surface area contributed by atoms with Crippen LogP contribution in [0.25, 0.3) is 0 Å². The van der Waals surface area contributed by atoms with Crippen LogP contribution in [0.2, 0.25) is 0 Å². The Morgan fingerprint density at radius 2 is 2.00 bits per heavy atom. The van der Waals surface area contributed by atoms with E-state index in [1.165, 1.54) is 11.9 Å². The van der Waals surface area contributed by atoms with Crippen molar-refractivity contribution in [2.45, 2.75) is 13.3 Å². The number of rotatable bonds is 3. The predicted octanol–water partition coefficient (Wildman–Crippen LogP) is 2.29. The largest absolute Gasteiger partial charge is 0.321 e. The van der Waals surface area contributed by atoms with Gasteiger partial charge in [0.25, 0.3) is 5.91 Å². The highest BCUT2D eigenvalue weighted by molar-refractivity contribution is 6.02. The third kappa shape index (κ3) is 2.87. The van der Waals surface area contributed by atoms with Gasteiger partial charge in [-0.15, -0.1) is 0 Å².